The van der Waals surface area contributed by atoms with Crippen LogP contribution in [0.1, 0.15) is 20.8 Å². The highest BCUT2D eigenvalue weighted by Gasteiger charge is 2.03. The number of rotatable bonds is 4. The molecule has 0 fully saturated rings. The van der Waals surface area contributed by atoms with Gasteiger partial charge in [-0.2, -0.15) is 4.99 Å². The van der Waals surface area contributed by atoms with E-state index in [4.69, 9.17) is 23.1 Å². The minimum atomic E-state index is 0.0753. The van der Waals surface area contributed by atoms with Crippen LogP contribution < -0.4 is 16.8 Å². The summed E-state index contributed by atoms with van der Waals surface area (Å²) in [6.07, 6.45) is 0. The third-order valence-corrected chi connectivity index (χ3v) is 3.51. The maximum Gasteiger partial charge on any atom is 0.218 e. The van der Waals surface area contributed by atoms with Crippen LogP contribution in [0.2, 0.25) is 5.02 Å². The lowest BCUT2D eigenvalue weighted by Crippen LogP contribution is -2.26. The number of hydrogen-bond donors (Lipinski definition) is 3. The Kier molecular flexibility index (Phi) is 6.67. The van der Waals surface area contributed by atoms with Crippen molar-refractivity contribution in [2.24, 2.45) is 21.5 Å². The van der Waals surface area contributed by atoms with Crippen molar-refractivity contribution < 1.29 is 0 Å². The summed E-state index contributed by atoms with van der Waals surface area (Å²) in [6, 6.07) is 5.71. The average molecular weight is 314 g/mol. The molecule has 1 rings (SSSR count). The maximum atomic E-state index is 6.18. The van der Waals surface area contributed by atoms with Crippen LogP contribution in [0.15, 0.2) is 33.1 Å². The van der Waals surface area contributed by atoms with Crippen molar-refractivity contribution in [3.05, 3.63) is 23.2 Å². The molecule has 1 aromatic rings. The number of nitrogens with one attached hydrogen (secondary N) is 1. The zero-order chi connectivity index (χ0) is 15.1. The van der Waals surface area contributed by atoms with Gasteiger partial charge in [-0.05, 0) is 37.8 Å². The summed E-state index contributed by atoms with van der Waals surface area (Å²) in [5.41, 5.74) is 12.2. The molecule has 0 unspecified atom stereocenters. The van der Waals surface area contributed by atoms with Crippen LogP contribution in [0.4, 0.5) is 5.69 Å². The smallest absolute Gasteiger partial charge is 0.218 e. The van der Waals surface area contributed by atoms with Crippen molar-refractivity contribution in [3.8, 4) is 0 Å². The molecule has 20 heavy (non-hydrogen) atoms. The van der Waals surface area contributed by atoms with Gasteiger partial charge < -0.3 is 16.8 Å². The number of nitrogens with zero attached hydrogens (tertiary/aromatic N) is 2. The highest BCUT2D eigenvalue weighted by atomic mass is 35.5. The third-order valence-electron chi connectivity index (χ3n) is 2.13. The molecule has 0 spiro atoms. The normalized spacial score (nSPS) is 12.8. The van der Waals surface area contributed by atoms with Gasteiger partial charge in [0.25, 0.3) is 0 Å². The van der Waals surface area contributed by atoms with Gasteiger partial charge in [0.2, 0.25) is 11.9 Å². The van der Waals surface area contributed by atoms with E-state index in [1.54, 1.807) is 17.8 Å². The van der Waals surface area contributed by atoms with E-state index in [9.17, 15) is 0 Å². The first-order valence-corrected chi connectivity index (χ1v) is 7.65. The van der Waals surface area contributed by atoms with Crippen molar-refractivity contribution in [1.29, 1.82) is 0 Å². The molecule has 5 nitrogen and oxygen atoms in total. The van der Waals surface area contributed by atoms with E-state index in [0.717, 1.165) is 16.3 Å². The predicted molar refractivity (Wildman–Crippen MR) is 89.9 cm³/mol. The number of benzene rings is 1. The Morgan fingerprint density at radius 2 is 2.10 bits per heavy atom. The van der Waals surface area contributed by atoms with Gasteiger partial charge in [0.15, 0.2) is 0 Å². The minimum Gasteiger partial charge on any atom is -0.369 e. The molecule has 0 atom stereocenters. The monoisotopic (exact) mass is 313 g/mol. The Balaban J connectivity index is 2.78. The summed E-state index contributed by atoms with van der Waals surface area (Å²) in [7, 11) is 0. The number of hydrogen-bond acceptors (Lipinski definition) is 2. The Hall–Kier alpha value is -1.40. The van der Waals surface area contributed by atoms with Gasteiger partial charge in [-0.3, -0.25) is 0 Å². The summed E-state index contributed by atoms with van der Waals surface area (Å²) >= 11 is 7.86. The first kappa shape index (κ1) is 16.7. The van der Waals surface area contributed by atoms with Crippen LogP contribution in [0.25, 0.3) is 0 Å². The maximum absolute atomic E-state index is 6.18. The largest absolute Gasteiger partial charge is 0.369 e. The van der Waals surface area contributed by atoms with E-state index < -0.39 is 0 Å². The fraction of sp³-hybridized carbons (Fsp3) is 0.385. The topological polar surface area (TPSA) is 88.8 Å². The molecule has 0 aliphatic heterocycles. The van der Waals surface area contributed by atoms with Crippen molar-refractivity contribution in [2.75, 3.05) is 11.1 Å². The van der Waals surface area contributed by atoms with Crippen LogP contribution in [0.3, 0.4) is 0 Å². The van der Waals surface area contributed by atoms with Crippen LogP contribution in [0.5, 0.6) is 0 Å². The first-order chi connectivity index (χ1) is 9.42. The summed E-state index contributed by atoms with van der Waals surface area (Å²) in [4.78, 5) is 9.07. The fourth-order valence-electron chi connectivity index (χ4n) is 1.44. The van der Waals surface area contributed by atoms with Crippen LogP contribution in [0, 0.1) is 0 Å². The van der Waals surface area contributed by atoms with Gasteiger partial charge in [0.05, 0.1) is 5.02 Å². The zero-order valence-corrected chi connectivity index (χ0v) is 13.4. The van der Waals surface area contributed by atoms with Crippen molar-refractivity contribution in [2.45, 2.75) is 31.7 Å². The molecule has 0 aromatic heterocycles. The molecule has 0 aliphatic carbocycles. The summed E-state index contributed by atoms with van der Waals surface area (Å²) in [6.45, 7) is 5.90. The molecule has 1 aromatic carbocycles. The highest BCUT2D eigenvalue weighted by Crippen LogP contribution is 2.29. The number of nitrogens with two attached hydrogens (primary N) is 2. The lowest BCUT2D eigenvalue weighted by Gasteiger charge is -2.08. The Bertz CT molecular complexity index is 513. The summed E-state index contributed by atoms with van der Waals surface area (Å²) in [5, 5.41) is 3.61. The number of thioether (sulfide) groups is 1. The highest BCUT2D eigenvalue weighted by molar-refractivity contribution is 7.99. The van der Waals surface area contributed by atoms with E-state index in [0.29, 0.717) is 5.02 Å². The number of aliphatic imine (C=N–C) groups is 2. The van der Waals surface area contributed by atoms with Crippen molar-refractivity contribution in [3.63, 3.8) is 0 Å². The van der Waals surface area contributed by atoms with Gasteiger partial charge in [-0.25, -0.2) is 4.99 Å². The second-order valence-electron chi connectivity index (χ2n) is 4.28. The molecule has 110 valence electrons. The quantitative estimate of drug-likeness (QED) is 0.453. The number of anilines is 1. The van der Waals surface area contributed by atoms with E-state index in [2.05, 4.69) is 22.2 Å². The van der Waals surface area contributed by atoms with E-state index in [1.807, 2.05) is 26.0 Å². The van der Waals surface area contributed by atoms with Crippen LogP contribution in [-0.2, 0) is 0 Å². The first-order valence-electron chi connectivity index (χ1n) is 6.29. The Morgan fingerprint density at radius 1 is 1.40 bits per heavy atom. The Labute approximate surface area is 128 Å². The molecule has 0 saturated heterocycles. The predicted octanol–water partition coefficient (Wildman–Crippen LogP) is 2.90. The van der Waals surface area contributed by atoms with Gasteiger partial charge >= 0.3 is 0 Å². The molecule has 0 bridgehead atoms. The molecule has 0 amide bonds. The van der Waals surface area contributed by atoms with Crippen molar-refractivity contribution in [1.82, 2.24) is 0 Å². The molecule has 0 saturated carbocycles. The molecule has 0 heterocycles. The summed E-state index contributed by atoms with van der Waals surface area (Å²) < 4.78 is 0. The average Bonchev–Trinajstić information content (AvgIpc) is 2.31. The minimum absolute atomic E-state index is 0.0753. The second-order valence-corrected chi connectivity index (χ2v) is 5.99. The number of halogens is 1. The van der Waals surface area contributed by atoms with Gasteiger partial charge in [0, 0.05) is 16.6 Å². The van der Waals surface area contributed by atoms with E-state index in [1.165, 1.54) is 0 Å². The fourth-order valence-corrected chi connectivity index (χ4v) is 2.46. The van der Waals surface area contributed by atoms with Gasteiger partial charge in [0.1, 0.15) is 0 Å². The van der Waals surface area contributed by atoms with E-state index in [-0.39, 0.29) is 18.0 Å². The van der Waals surface area contributed by atoms with E-state index >= 15 is 0 Å². The third kappa shape index (κ3) is 5.71. The molecular weight excluding hydrogens is 294 g/mol. The van der Waals surface area contributed by atoms with Gasteiger partial charge in [-0.1, -0.05) is 18.5 Å². The lowest BCUT2D eigenvalue weighted by molar-refractivity contribution is 0.831. The second kappa shape index (κ2) is 8.01. The molecule has 0 aliphatic rings. The molecular formula is C13H20ClN5S. The number of guanidine groups is 2. The standard InChI is InChI=1S/C13H20ClN5S/c1-4-20-11-6-5-9(7-10(11)14)18-13(16)19-12(15)17-8(2)3/h5-8H,4H2,1-3H3,(H5,15,16,17,18,19). The summed E-state index contributed by atoms with van der Waals surface area (Å²) in [5.74, 6) is 1.30. The van der Waals surface area contributed by atoms with Crippen molar-refractivity contribution >= 4 is 41.0 Å². The van der Waals surface area contributed by atoms with Crippen LogP contribution in [-0.4, -0.2) is 23.7 Å². The molecule has 5 N–H and O–H groups in total. The van der Waals surface area contributed by atoms with Gasteiger partial charge in [-0.15, -0.1) is 11.8 Å². The zero-order valence-electron chi connectivity index (χ0n) is 11.9. The molecule has 0 radical (unpaired) electrons. The van der Waals surface area contributed by atoms with Crippen LogP contribution >= 0.6 is 23.4 Å². The molecule has 7 heteroatoms. The lowest BCUT2D eigenvalue weighted by atomic mass is 10.3. The Morgan fingerprint density at radius 3 is 2.65 bits per heavy atom. The SMILES string of the molecule is CCSc1ccc(N/C(N)=N/C(N)=NC(C)C)cc1Cl.